The number of ether oxygens (including phenoxy) is 1. The zero-order chi connectivity index (χ0) is 12.3. The van der Waals surface area contributed by atoms with Crippen LogP contribution in [-0.2, 0) is 6.42 Å². The number of aromatic nitrogens is 3. The molecule has 1 N–H and O–H groups in total. The van der Waals surface area contributed by atoms with Crippen molar-refractivity contribution in [2.24, 2.45) is 0 Å². The molecular formula is C11H14N4O2. The molecule has 0 atom stereocenters. The van der Waals surface area contributed by atoms with Crippen LogP contribution in [0.25, 0.3) is 0 Å². The van der Waals surface area contributed by atoms with E-state index in [1.54, 1.807) is 19.2 Å². The van der Waals surface area contributed by atoms with Gasteiger partial charge in [0.25, 0.3) is 0 Å². The maximum Gasteiger partial charge on any atom is 0.233 e. The van der Waals surface area contributed by atoms with Gasteiger partial charge in [0.05, 0.1) is 12.8 Å². The van der Waals surface area contributed by atoms with Crippen LogP contribution in [0.2, 0.25) is 0 Å². The lowest BCUT2D eigenvalue weighted by molar-refractivity contribution is 0.392. The van der Waals surface area contributed by atoms with E-state index < -0.39 is 0 Å². The van der Waals surface area contributed by atoms with Crippen molar-refractivity contribution in [1.29, 1.82) is 0 Å². The Morgan fingerprint density at radius 2 is 2.18 bits per heavy atom. The fraction of sp³-hybridized carbons (Fsp3) is 0.364. The Labute approximate surface area is 99.0 Å². The second-order valence-electron chi connectivity index (χ2n) is 3.52. The van der Waals surface area contributed by atoms with Gasteiger partial charge in [0.1, 0.15) is 0 Å². The summed E-state index contributed by atoms with van der Waals surface area (Å²) in [6, 6.07) is 3.49. The lowest BCUT2D eigenvalue weighted by atomic mass is 10.2. The Morgan fingerprint density at radius 1 is 1.35 bits per heavy atom. The summed E-state index contributed by atoms with van der Waals surface area (Å²) in [6.07, 6.45) is 0.848. The number of rotatable bonds is 4. The van der Waals surface area contributed by atoms with E-state index in [4.69, 9.17) is 9.26 Å². The molecule has 0 aliphatic rings. The van der Waals surface area contributed by atoms with Gasteiger partial charge in [-0.05, 0) is 19.4 Å². The lowest BCUT2D eigenvalue weighted by Crippen LogP contribution is -1.98. The monoisotopic (exact) mass is 234 g/mol. The summed E-state index contributed by atoms with van der Waals surface area (Å²) in [5, 5.41) is 14.8. The van der Waals surface area contributed by atoms with Crippen molar-refractivity contribution in [2.75, 3.05) is 12.4 Å². The van der Waals surface area contributed by atoms with Crippen LogP contribution < -0.4 is 10.1 Å². The molecule has 0 saturated carbocycles. The normalized spacial score (nSPS) is 10.3. The van der Waals surface area contributed by atoms with E-state index in [-0.39, 0.29) is 0 Å². The van der Waals surface area contributed by atoms with Crippen molar-refractivity contribution in [1.82, 2.24) is 15.4 Å². The van der Waals surface area contributed by atoms with Gasteiger partial charge in [-0.1, -0.05) is 12.1 Å². The first-order chi connectivity index (χ1) is 8.24. The second kappa shape index (κ2) is 4.82. The molecule has 0 spiro atoms. The van der Waals surface area contributed by atoms with Gasteiger partial charge in [-0.15, -0.1) is 10.2 Å². The van der Waals surface area contributed by atoms with E-state index in [1.165, 1.54) is 0 Å². The molecule has 2 heterocycles. The Morgan fingerprint density at radius 3 is 2.76 bits per heavy atom. The van der Waals surface area contributed by atoms with Crippen LogP contribution in [0.4, 0.5) is 11.7 Å². The molecule has 2 rings (SSSR count). The van der Waals surface area contributed by atoms with Crippen molar-refractivity contribution < 1.29 is 9.26 Å². The van der Waals surface area contributed by atoms with Gasteiger partial charge in [-0.2, -0.15) is 0 Å². The first-order valence-electron chi connectivity index (χ1n) is 5.34. The Hall–Kier alpha value is -2.11. The van der Waals surface area contributed by atoms with E-state index in [0.29, 0.717) is 17.6 Å². The summed E-state index contributed by atoms with van der Waals surface area (Å²) in [6.45, 7) is 3.96. The summed E-state index contributed by atoms with van der Waals surface area (Å²) < 4.78 is 10.1. The highest BCUT2D eigenvalue weighted by Crippen LogP contribution is 2.23. The number of aryl methyl sites for hydroxylation is 1. The fourth-order valence-electron chi connectivity index (χ4n) is 1.52. The van der Waals surface area contributed by atoms with Crippen LogP contribution in [0.3, 0.4) is 0 Å². The second-order valence-corrected chi connectivity index (χ2v) is 3.52. The van der Waals surface area contributed by atoms with Gasteiger partial charge < -0.3 is 14.6 Å². The number of hydrogen-bond donors (Lipinski definition) is 1. The van der Waals surface area contributed by atoms with Crippen LogP contribution in [0.5, 0.6) is 5.88 Å². The first kappa shape index (κ1) is 11.4. The average molecular weight is 234 g/mol. The van der Waals surface area contributed by atoms with Crippen molar-refractivity contribution in [3.05, 3.63) is 23.4 Å². The molecule has 90 valence electrons. The summed E-state index contributed by atoms with van der Waals surface area (Å²) >= 11 is 0. The highest BCUT2D eigenvalue weighted by molar-refractivity contribution is 5.54. The number of methoxy groups -OCH3 is 1. The number of hydrogen-bond acceptors (Lipinski definition) is 6. The number of anilines is 2. The summed E-state index contributed by atoms with van der Waals surface area (Å²) in [5.41, 5.74) is 1.93. The average Bonchev–Trinajstić information content (AvgIpc) is 2.71. The highest BCUT2D eigenvalue weighted by atomic mass is 16.5. The van der Waals surface area contributed by atoms with Crippen LogP contribution in [-0.4, -0.2) is 22.5 Å². The predicted octanol–water partition coefficient (Wildman–Crippen LogP) is 2.09. The SMILES string of the molecule is CCc1c(C)noc1Nc1ccc(OC)nn1. The Bertz CT molecular complexity index is 493. The summed E-state index contributed by atoms with van der Waals surface area (Å²) in [4.78, 5) is 0. The lowest BCUT2D eigenvalue weighted by Gasteiger charge is -2.03. The Kier molecular flexibility index (Phi) is 3.22. The highest BCUT2D eigenvalue weighted by Gasteiger charge is 2.11. The van der Waals surface area contributed by atoms with Gasteiger partial charge in [-0.25, -0.2) is 0 Å². The minimum absolute atomic E-state index is 0.472. The molecule has 0 fully saturated rings. The largest absolute Gasteiger partial charge is 0.480 e. The number of nitrogens with zero attached hydrogens (tertiary/aromatic N) is 3. The van der Waals surface area contributed by atoms with E-state index in [2.05, 4.69) is 20.7 Å². The molecule has 2 aromatic heterocycles. The quantitative estimate of drug-likeness (QED) is 0.873. The molecule has 0 aromatic carbocycles. The molecule has 0 saturated heterocycles. The summed E-state index contributed by atoms with van der Waals surface area (Å²) in [7, 11) is 1.55. The predicted molar refractivity (Wildman–Crippen MR) is 62.5 cm³/mol. The third kappa shape index (κ3) is 2.35. The van der Waals surface area contributed by atoms with E-state index in [1.807, 2.05) is 13.8 Å². The minimum Gasteiger partial charge on any atom is -0.480 e. The van der Waals surface area contributed by atoms with Gasteiger partial charge in [-0.3, -0.25) is 0 Å². The van der Waals surface area contributed by atoms with Gasteiger partial charge in [0.15, 0.2) is 5.82 Å². The third-order valence-corrected chi connectivity index (χ3v) is 2.43. The van der Waals surface area contributed by atoms with Crippen LogP contribution in [0.15, 0.2) is 16.7 Å². The minimum atomic E-state index is 0.472. The van der Waals surface area contributed by atoms with Crippen molar-refractivity contribution >= 4 is 11.7 Å². The molecule has 6 heteroatoms. The van der Waals surface area contributed by atoms with Crippen LogP contribution in [0.1, 0.15) is 18.2 Å². The third-order valence-electron chi connectivity index (χ3n) is 2.43. The van der Waals surface area contributed by atoms with Crippen molar-refractivity contribution in [3.63, 3.8) is 0 Å². The van der Waals surface area contributed by atoms with Crippen molar-refractivity contribution in [3.8, 4) is 5.88 Å². The standard InChI is InChI=1S/C11H14N4O2/c1-4-8-7(2)15-17-11(8)12-9-5-6-10(16-3)14-13-9/h5-6H,4H2,1-3H3,(H,12,13). The smallest absolute Gasteiger partial charge is 0.233 e. The molecule has 0 amide bonds. The fourth-order valence-corrected chi connectivity index (χ4v) is 1.52. The molecule has 0 aliphatic carbocycles. The molecule has 0 bridgehead atoms. The molecular weight excluding hydrogens is 220 g/mol. The van der Waals surface area contributed by atoms with E-state index >= 15 is 0 Å². The van der Waals surface area contributed by atoms with Crippen LogP contribution in [0, 0.1) is 6.92 Å². The summed E-state index contributed by atoms with van der Waals surface area (Å²) in [5.74, 6) is 1.68. The maximum absolute atomic E-state index is 5.19. The maximum atomic E-state index is 5.19. The Balaban J connectivity index is 2.19. The topological polar surface area (TPSA) is 73.1 Å². The van der Waals surface area contributed by atoms with Gasteiger partial charge in [0.2, 0.25) is 11.8 Å². The van der Waals surface area contributed by atoms with Crippen LogP contribution >= 0.6 is 0 Å². The zero-order valence-electron chi connectivity index (χ0n) is 10.0. The first-order valence-corrected chi connectivity index (χ1v) is 5.34. The number of nitrogens with one attached hydrogen (secondary N) is 1. The molecule has 0 aliphatic heterocycles. The van der Waals surface area contributed by atoms with Gasteiger partial charge >= 0.3 is 0 Å². The van der Waals surface area contributed by atoms with E-state index in [9.17, 15) is 0 Å². The molecule has 0 unspecified atom stereocenters. The molecule has 6 nitrogen and oxygen atoms in total. The van der Waals surface area contributed by atoms with E-state index in [0.717, 1.165) is 17.7 Å². The van der Waals surface area contributed by atoms with Crippen molar-refractivity contribution in [2.45, 2.75) is 20.3 Å². The zero-order valence-corrected chi connectivity index (χ0v) is 10.0. The molecule has 17 heavy (non-hydrogen) atoms. The molecule has 0 radical (unpaired) electrons. The molecule has 2 aromatic rings. The van der Waals surface area contributed by atoms with Gasteiger partial charge in [0, 0.05) is 11.6 Å².